The molecular formula is C21H27ClN2O2. The number of hydrogen-bond donors (Lipinski definition) is 2. The lowest BCUT2D eigenvalue weighted by molar-refractivity contribution is -0.121. The molecular weight excluding hydrogens is 348 g/mol. The summed E-state index contributed by atoms with van der Waals surface area (Å²) < 4.78 is 5.58. The Morgan fingerprint density at radius 1 is 1.12 bits per heavy atom. The molecule has 1 heterocycles. The van der Waals surface area contributed by atoms with E-state index in [1.54, 1.807) is 0 Å². The molecule has 0 radical (unpaired) electrons. The van der Waals surface area contributed by atoms with E-state index in [1.165, 1.54) is 11.1 Å². The number of anilines is 1. The number of halogens is 1. The zero-order valence-electron chi connectivity index (χ0n) is 15.2. The van der Waals surface area contributed by atoms with Crippen LogP contribution >= 0.6 is 12.4 Å². The molecule has 0 spiro atoms. The van der Waals surface area contributed by atoms with Crippen LogP contribution in [-0.4, -0.2) is 25.7 Å². The molecule has 2 aromatic rings. The third kappa shape index (κ3) is 4.77. The zero-order valence-corrected chi connectivity index (χ0v) is 16.0. The Kier molecular flexibility index (Phi) is 7.06. The first-order chi connectivity index (χ1) is 12.1. The van der Waals surface area contributed by atoms with Gasteiger partial charge in [-0.3, -0.25) is 4.79 Å². The highest BCUT2D eigenvalue weighted by molar-refractivity contribution is 5.85. The monoisotopic (exact) mass is 374 g/mol. The molecule has 0 saturated carbocycles. The highest BCUT2D eigenvalue weighted by Crippen LogP contribution is 2.36. The van der Waals surface area contributed by atoms with Gasteiger partial charge in [0.25, 0.3) is 0 Å². The molecule has 3 N–H and O–H groups in total. The molecule has 0 unspecified atom stereocenters. The summed E-state index contributed by atoms with van der Waals surface area (Å²) in [5.74, 6) is 0.0456. The third-order valence-electron chi connectivity index (χ3n) is 5.13. The number of carbonyl (C=O) groups excluding carboxylic acids is 1. The minimum Gasteiger partial charge on any atom is -0.399 e. The number of nitrogens with two attached hydrogens (primary N) is 1. The van der Waals surface area contributed by atoms with Crippen molar-refractivity contribution in [3.05, 3.63) is 65.2 Å². The van der Waals surface area contributed by atoms with E-state index in [1.807, 2.05) is 24.3 Å². The van der Waals surface area contributed by atoms with Crippen LogP contribution in [0.5, 0.6) is 0 Å². The normalized spacial score (nSPS) is 15.7. The van der Waals surface area contributed by atoms with Crippen LogP contribution in [0.3, 0.4) is 0 Å². The lowest BCUT2D eigenvalue weighted by atomic mass is 9.72. The average molecular weight is 375 g/mol. The number of hydrogen-bond acceptors (Lipinski definition) is 3. The molecule has 1 fully saturated rings. The van der Waals surface area contributed by atoms with Crippen molar-refractivity contribution in [1.29, 1.82) is 0 Å². The van der Waals surface area contributed by atoms with Gasteiger partial charge in [0, 0.05) is 30.9 Å². The number of nitrogen functional groups attached to an aromatic ring is 1. The van der Waals surface area contributed by atoms with Gasteiger partial charge in [-0.05, 0) is 48.6 Å². The van der Waals surface area contributed by atoms with Crippen molar-refractivity contribution in [2.24, 2.45) is 0 Å². The molecule has 1 aliphatic rings. The van der Waals surface area contributed by atoms with Gasteiger partial charge in [-0.25, -0.2) is 0 Å². The van der Waals surface area contributed by atoms with Gasteiger partial charge in [-0.1, -0.05) is 36.4 Å². The number of carbonyl (C=O) groups is 1. The van der Waals surface area contributed by atoms with Gasteiger partial charge in [-0.15, -0.1) is 12.4 Å². The molecule has 2 aromatic carbocycles. The number of rotatable bonds is 5. The largest absolute Gasteiger partial charge is 0.399 e. The van der Waals surface area contributed by atoms with Crippen molar-refractivity contribution in [2.75, 3.05) is 25.5 Å². The highest BCUT2D eigenvalue weighted by Gasteiger charge is 2.35. The summed E-state index contributed by atoms with van der Waals surface area (Å²) in [6.07, 6.45) is 2.24. The quantitative estimate of drug-likeness (QED) is 0.788. The number of ether oxygens (including phenoxy) is 1. The number of nitrogens with one attached hydrogen (secondary N) is 1. The molecule has 26 heavy (non-hydrogen) atoms. The fourth-order valence-corrected chi connectivity index (χ4v) is 3.62. The first kappa shape index (κ1) is 20.3. The highest BCUT2D eigenvalue weighted by atomic mass is 35.5. The van der Waals surface area contributed by atoms with E-state index in [0.29, 0.717) is 18.7 Å². The molecule has 140 valence electrons. The van der Waals surface area contributed by atoms with E-state index in [4.69, 9.17) is 10.5 Å². The lowest BCUT2D eigenvalue weighted by Crippen LogP contribution is -2.45. The minimum atomic E-state index is -0.0413. The van der Waals surface area contributed by atoms with Crippen molar-refractivity contribution in [3.63, 3.8) is 0 Å². The molecule has 1 amide bonds. The van der Waals surface area contributed by atoms with Crippen molar-refractivity contribution < 1.29 is 9.53 Å². The molecule has 5 heteroatoms. The van der Waals surface area contributed by atoms with Crippen LogP contribution in [0.2, 0.25) is 0 Å². The molecule has 0 bridgehead atoms. The number of benzene rings is 2. The summed E-state index contributed by atoms with van der Waals surface area (Å²) >= 11 is 0. The number of amides is 1. The summed E-state index contributed by atoms with van der Waals surface area (Å²) in [6, 6.07) is 15.9. The Morgan fingerprint density at radius 2 is 1.77 bits per heavy atom. The van der Waals surface area contributed by atoms with E-state index < -0.39 is 0 Å². The Bertz CT molecular complexity index is 725. The van der Waals surface area contributed by atoms with Crippen LogP contribution in [0.15, 0.2) is 48.5 Å². The maximum absolute atomic E-state index is 12.4. The van der Waals surface area contributed by atoms with Crippen molar-refractivity contribution in [3.8, 4) is 0 Å². The van der Waals surface area contributed by atoms with Crippen molar-refractivity contribution in [2.45, 2.75) is 31.6 Å². The maximum atomic E-state index is 12.4. The summed E-state index contributed by atoms with van der Waals surface area (Å²) in [7, 11) is 0. The Balaban J connectivity index is 0.00000243. The predicted octanol–water partition coefficient (Wildman–Crippen LogP) is 3.41. The predicted molar refractivity (Wildman–Crippen MR) is 108 cm³/mol. The molecule has 0 atom stereocenters. The fourth-order valence-electron chi connectivity index (χ4n) is 3.62. The average Bonchev–Trinajstić information content (AvgIpc) is 2.63. The Morgan fingerprint density at radius 3 is 2.42 bits per heavy atom. The van der Waals surface area contributed by atoms with E-state index >= 15 is 0 Å². The molecule has 1 aliphatic heterocycles. The maximum Gasteiger partial charge on any atom is 0.224 e. The second kappa shape index (κ2) is 9.06. The molecule has 4 nitrogen and oxygen atoms in total. The Labute approximate surface area is 161 Å². The molecule has 1 saturated heterocycles. The molecule has 0 aromatic heterocycles. The van der Waals surface area contributed by atoms with E-state index in [2.05, 4.69) is 36.5 Å². The van der Waals surface area contributed by atoms with Gasteiger partial charge in [-0.2, -0.15) is 0 Å². The van der Waals surface area contributed by atoms with E-state index in [9.17, 15) is 4.79 Å². The van der Waals surface area contributed by atoms with Gasteiger partial charge >= 0.3 is 0 Å². The SMILES string of the molecule is Cc1ccccc1C1(CNC(=O)Cc2ccc(N)cc2)CCOCC1.Cl. The minimum absolute atomic E-state index is 0. The van der Waals surface area contributed by atoms with Gasteiger partial charge in [0.2, 0.25) is 5.91 Å². The van der Waals surface area contributed by atoms with E-state index in [-0.39, 0.29) is 23.7 Å². The van der Waals surface area contributed by atoms with Crippen LogP contribution in [-0.2, 0) is 21.4 Å². The summed E-state index contributed by atoms with van der Waals surface area (Å²) in [5.41, 5.74) is 9.94. The van der Waals surface area contributed by atoms with Gasteiger partial charge in [0.1, 0.15) is 0 Å². The van der Waals surface area contributed by atoms with Crippen LogP contribution in [0.4, 0.5) is 5.69 Å². The molecule has 3 rings (SSSR count). The van der Waals surface area contributed by atoms with Crippen LogP contribution in [0, 0.1) is 6.92 Å². The smallest absolute Gasteiger partial charge is 0.224 e. The second-order valence-corrected chi connectivity index (χ2v) is 6.90. The Hall–Kier alpha value is -2.04. The summed E-state index contributed by atoms with van der Waals surface area (Å²) in [6.45, 7) is 4.27. The third-order valence-corrected chi connectivity index (χ3v) is 5.13. The fraction of sp³-hybridized carbons (Fsp3) is 0.381. The standard InChI is InChI=1S/C21H26N2O2.ClH/c1-16-4-2-3-5-19(16)21(10-12-25-13-11-21)15-23-20(24)14-17-6-8-18(22)9-7-17;/h2-9H,10-15,22H2,1H3,(H,23,24);1H. The van der Waals surface area contributed by atoms with Gasteiger partial charge in [0.05, 0.1) is 6.42 Å². The number of aryl methyl sites for hydroxylation is 1. The lowest BCUT2D eigenvalue weighted by Gasteiger charge is -2.39. The van der Waals surface area contributed by atoms with Crippen LogP contribution < -0.4 is 11.1 Å². The van der Waals surface area contributed by atoms with Gasteiger partial charge in [0.15, 0.2) is 0 Å². The topological polar surface area (TPSA) is 64.4 Å². The van der Waals surface area contributed by atoms with Crippen LogP contribution in [0.1, 0.15) is 29.5 Å². The summed E-state index contributed by atoms with van der Waals surface area (Å²) in [4.78, 5) is 12.4. The molecule has 0 aliphatic carbocycles. The van der Waals surface area contributed by atoms with Crippen molar-refractivity contribution in [1.82, 2.24) is 5.32 Å². The summed E-state index contributed by atoms with van der Waals surface area (Å²) in [5, 5.41) is 3.16. The second-order valence-electron chi connectivity index (χ2n) is 6.90. The van der Waals surface area contributed by atoms with Gasteiger partial charge < -0.3 is 15.8 Å². The van der Waals surface area contributed by atoms with Crippen molar-refractivity contribution >= 4 is 24.0 Å². The first-order valence-corrected chi connectivity index (χ1v) is 8.84. The van der Waals surface area contributed by atoms with Crippen LogP contribution in [0.25, 0.3) is 0 Å². The zero-order chi connectivity index (χ0) is 17.7. The first-order valence-electron chi connectivity index (χ1n) is 8.84. The van der Waals surface area contributed by atoms with E-state index in [0.717, 1.165) is 31.6 Å².